The lowest BCUT2D eigenvalue weighted by molar-refractivity contribution is 0.472. The van der Waals surface area contributed by atoms with Gasteiger partial charge in [-0.1, -0.05) is 35.7 Å². The van der Waals surface area contributed by atoms with Crippen molar-refractivity contribution >= 4 is 44.2 Å². The van der Waals surface area contributed by atoms with Crippen molar-refractivity contribution in [3.05, 3.63) is 111 Å². The smallest absolute Gasteiger partial charge is 0.267 e. The summed E-state index contributed by atoms with van der Waals surface area (Å²) in [6, 6.07) is 14.0. The van der Waals surface area contributed by atoms with Gasteiger partial charge < -0.3 is 11.1 Å². The molecule has 5 rings (SSSR count). The summed E-state index contributed by atoms with van der Waals surface area (Å²) >= 11 is 6.45. The minimum Gasteiger partial charge on any atom is -0.382 e. The number of aromatic nitrogens is 5. The number of nitrogen functional groups attached to an aromatic ring is 1. The van der Waals surface area contributed by atoms with E-state index in [2.05, 4.69) is 32.1 Å². The van der Waals surface area contributed by atoms with Crippen LogP contribution in [0.1, 0.15) is 35.6 Å². The molecule has 0 aliphatic carbocycles. The van der Waals surface area contributed by atoms with Gasteiger partial charge in [-0.3, -0.25) is 9.36 Å². The van der Waals surface area contributed by atoms with Crippen LogP contribution in [-0.4, -0.2) is 50.5 Å². The van der Waals surface area contributed by atoms with Crippen LogP contribution in [0.4, 0.5) is 16.0 Å². The molecule has 3 heterocycles. The van der Waals surface area contributed by atoms with Crippen LogP contribution in [0.3, 0.4) is 0 Å². The van der Waals surface area contributed by atoms with Crippen molar-refractivity contribution in [3.63, 3.8) is 0 Å². The largest absolute Gasteiger partial charge is 0.382 e. The number of nitrogens with one attached hydrogen (secondary N) is 1. The average Bonchev–Trinajstić information content (AvgIpc) is 2.97. The van der Waals surface area contributed by atoms with Gasteiger partial charge in [0.25, 0.3) is 5.56 Å². The van der Waals surface area contributed by atoms with Crippen molar-refractivity contribution in [1.29, 1.82) is 0 Å². The molecule has 14 heteroatoms. The third kappa shape index (κ3) is 6.52. The second kappa shape index (κ2) is 12.4. The number of benzene rings is 2. The van der Waals surface area contributed by atoms with E-state index in [1.165, 1.54) is 34.4 Å². The van der Waals surface area contributed by atoms with Gasteiger partial charge in [-0.15, -0.1) is 0 Å². The molecule has 0 saturated carbocycles. The van der Waals surface area contributed by atoms with E-state index in [0.717, 1.165) is 12.5 Å². The van der Waals surface area contributed by atoms with E-state index in [0.29, 0.717) is 28.3 Å². The van der Waals surface area contributed by atoms with Crippen LogP contribution in [0, 0.1) is 17.7 Å². The van der Waals surface area contributed by atoms with Crippen molar-refractivity contribution in [2.24, 2.45) is 0 Å². The number of sulfonamides is 1. The monoisotopic (exact) mass is 632 g/mol. The Morgan fingerprint density at radius 3 is 2.61 bits per heavy atom. The highest BCUT2D eigenvalue weighted by molar-refractivity contribution is 7.88. The molecule has 224 valence electrons. The molecule has 0 fully saturated rings. The molecule has 11 nitrogen and oxygen atoms in total. The number of fused-ring (bicyclic) bond motifs is 1. The van der Waals surface area contributed by atoms with Gasteiger partial charge in [-0.2, -0.15) is 0 Å². The fourth-order valence-electron chi connectivity index (χ4n) is 4.39. The van der Waals surface area contributed by atoms with E-state index in [-0.39, 0.29) is 34.2 Å². The van der Waals surface area contributed by atoms with Gasteiger partial charge in [0.05, 0.1) is 40.1 Å². The molecule has 0 aliphatic rings. The molecular weight excluding hydrogens is 607 g/mol. The number of anilines is 2. The molecule has 0 spiro atoms. The predicted octanol–water partition coefficient (Wildman–Crippen LogP) is 3.91. The first-order valence-electron chi connectivity index (χ1n) is 13.1. The quantitative estimate of drug-likeness (QED) is 0.255. The molecule has 3 N–H and O–H groups in total. The highest BCUT2D eigenvalue weighted by Gasteiger charge is 2.22. The number of hydrogen-bond donors (Lipinski definition) is 2. The van der Waals surface area contributed by atoms with E-state index in [4.69, 9.17) is 22.3 Å². The summed E-state index contributed by atoms with van der Waals surface area (Å²) in [5.74, 6) is 5.93. The number of hydrogen-bond acceptors (Lipinski definition) is 9. The fraction of sp³-hybridized carbons (Fsp3) is 0.167. The van der Waals surface area contributed by atoms with Gasteiger partial charge in [-0.25, -0.2) is 37.0 Å². The molecule has 3 aromatic heterocycles. The fourth-order valence-corrected chi connectivity index (χ4v) is 5.03. The maximum atomic E-state index is 14.0. The number of nitrogens with two attached hydrogens (primary N) is 1. The number of halogens is 2. The first-order chi connectivity index (χ1) is 20.9. The lowest BCUT2D eigenvalue weighted by Crippen LogP contribution is -2.28. The summed E-state index contributed by atoms with van der Waals surface area (Å²) in [4.78, 5) is 31.1. The number of nitrogens with zero attached hydrogens (tertiary/aromatic N) is 6. The molecule has 0 amide bonds. The maximum absolute atomic E-state index is 14.0. The van der Waals surface area contributed by atoms with Crippen LogP contribution in [-0.2, 0) is 16.6 Å². The van der Waals surface area contributed by atoms with Crippen molar-refractivity contribution in [2.45, 2.75) is 19.5 Å². The summed E-state index contributed by atoms with van der Waals surface area (Å²) in [5, 5.41) is 3.71. The Bertz CT molecular complexity index is 2110. The Morgan fingerprint density at radius 1 is 1.11 bits per heavy atom. The van der Waals surface area contributed by atoms with Crippen molar-refractivity contribution in [2.75, 3.05) is 24.4 Å². The second-order valence-corrected chi connectivity index (χ2v) is 12.4. The zero-order valence-electron chi connectivity index (χ0n) is 23.8. The maximum Gasteiger partial charge on any atom is 0.267 e. The molecule has 0 saturated heterocycles. The molecule has 5 aromatic rings. The molecule has 44 heavy (non-hydrogen) atoms. The lowest BCUT2D eigenvalue weighted by Gasteiger charge is -2.21. The Morgan fingerprint density at radius 2 is 1.89 bits per heavy atom. The molecule has 2 aromatic carbocycles. The molecule has 0 bridgehead atoms. The molecule has 0 unspecified atom stereocenters. The second-order valence-electron chi connectivity index (χ2n) is 9.89. The zero-order valence-corrected chi connectivity index (χ0v) is 25.4. The minimum absolute atomic E-state index is 0.0947. The van der Waals surface area contributed by atoms with E-state index in [9.17, 15) is 17.6 Å². The Labute approximate surface area is 257 Å². The average molecular weight is 633 g/mol. The van der Waals surface area contributed by atoms with Gasteiger partial charge in [0, 0.05) is 13.6 Å². The standard InChI is InChI=1S/C30H26ClFN8O3S/c1-18(37-28-23(27(33)35-17-36-28)13-12-21-11-10-20(32)15-34-21)29-38-25-9-5-8-24(31)26(25)30(41)40(29)22-7-4-6-19(14-22)16-39(2)44(3,42)43/h4-11,14-15,17-18H,16H2,1-3H3,(H3,33,35,36,37)/t18-/m0/s1. The summed E-state index contributed by atoms with van der Waals surface area (Å²) in [7, 11) is -1.96. The van der Waals surface area contributed by atoms with Crippen LogP contribution in [0.15, 0.2) is 71.9 Å². The molecular formula is C30H26ClFN8O3S. The topological polar surface area (TPSA) is 149 Å². The van der Waals surface area contributed by atoms with Gasteiger partial charge in [-0.05, 0) is 54.8 Å². The number of pyridine rings is 1. The van der Waals surface area contributed by atoms with Crippen LogP contribution in [0.2, 0.25) is 5.02 Å². The van der Waals surface area contributed by atoms with Crippen LogP contribution < -0.4 is 16.6 Å². The van der Waals surface area contributed by atoms with E-state index < -0.39 is 27.4 Å². The Hall–Kier alpha value is -4.90. The van der Waals surface area contributed by atoms with Crippen LogP contribution in [0.25, 0.3) is 16.6 Å². The Balaban J connectivity index is 1.61. The minimum atomic E-state index is -3.44. The predicted molar refractivity (Wildman–Crippen MR) is 167 cm³/mol. The first-order valence-corrected chi connectivity index (χ1v) is 15.4. The van der Waals surface area contributed by atoms with Gasteiger partial charge in [0.2, 0.25) is 10.0 Å². The van der Waals surface area contributed by atoms with Gasteiger partial charge >= 0.3 is 0 Å². The third-order valence-electron chi connectivity index (χ3n) is 6.67. The van der Waals surface area contributed by atoms with Gasteiger partial charge in [0.1, 0.15) is 40.9 Å². The van der Waals surface area contributed by atoms with Gasteiger partial charge in [0.15, 0.2) is 0 Å². The van der Waals surface area contributed by atoms with Crippen molar-refractivity contribution in [1.82, 2.24) is 28.8 Å². The van der Waals surface area contributed by atoms with Crippen LogP contribution >= 0.6 is 11.6 Å². The molecule has 0 aliphatic heterocycles. The van der Waals surface area contributed by atoms with E-state index >= 15 is 0 Å². The highest BCUT2D eigenvalue weighted by Crippen LogP contribution is 2.26. The molecule has 0 radical (unpaired) electrons. The summed E-state index contributed by atoms with van der Waals surface area (Å²) in [6.45, 7) is 1.88. The van der Waals surface area contributed by atoms with E-state index in [1.54, 1.807) is 49.4 Å². The summed E-state index contributed by atoms with van der Waals surface area (Å²) in [5.41, 5.74) is 7.82. The molecule has 1 atom stereocenters. The van der Waals surface area contributed by atoms with Crippen LogP contribution in [0.5, 0.6) is 0 Å². The summed E-state index contributed by atoms with van der Waals surface area (Å²) < 4.78 is 40.0. The third-order valence-corrected chi connectivity index (χ3v) is 8.25. The SMILES string of the molecule is C[C@H](Nc1ncnc(N)c1C#Cc1ccc(F)cn1)c1nc2cccc(Cl)c2c(=O)n1-c1cccc(CN(C)S(C)(=O)=O)c1. The number of rotatable bonds is 7. The first kappa shape index (κ1) is 30.6. The lowest BCUT2D eigenvalue weighted by atomic mass is 10.1. The van der Waals surface area contributed by atoms with E-state index in [1.807, 2.05) is 0 Å². The Kier molecular flexibility index (Phi) is 8.59. The highest BCUT2D eigenvalue weighted by atomic mass is 35.5. The summed E-state index contributed by atoms with van der Waals surface area (Å²) in [6.07, 6.45) is 3.45. The zero-order chi connectivity index (χ0) is 31.6. The normalized spacial score (nSPS) is 12.1. The van der Waals surface area contributed by atoms with Crippen molar-refractivity contribution in [3.8, 4) is 17.5 Å². The van der Waals surface area contributed by atoms with Crippen molar-refractivity contribution < 1.29 is 12.8 Å².